The Morgan fingerprint density at radius 1 is 1.21 bits per heavy atom. The fourth-order valence-corrected chi connectivity index (χ4v) is 2.71. The van der Waals surface area contributed by atoms with Gasteiger partial charge in [0.15, 0.2) is 5.82 Å². The Labute approximate surface area is 159 Å². The summed E-state index contributed by atoms with van der Waals surface area (Å²) in [4.78, 5) is 16.7. The zero-order chi connectivity index (χ0) is 20.1. The zero-order valence-corrected chi connectivity index (χ0v) is 15.2. The molecule has 0 aliphatic rings. The van der Waals surface area contributed by atoms with Crippen LogP contribution in [0, 0.1) is 6.92 Å². The van der Waals surface area contributed by atoms with E-state index in [4.69, 9.17) is 4.74 Å². The third kappa shape index (κ3) is 4.25. The van der Waals surface area contributed by atoms with Crippen LogP contribution in [0.25, 0.3) is 11.4 Å². The number of aryl methyl sites for hydroxylation is 1. The SMILES string of the molecule is COc1c(C)cccc1-c1n[nH]c(CNC(=O)c2ccccc2OC(F)F)n1. The van der Waals surface area contributed by atoms with E-state index in [-0.39, 0.29) is 17.9 Å². The van der Waals surface area contributed by atoms with E-state index in [2.05, 4.69) is 25.2 Å². The van der Waals surface area contributed by atoms with Gasteiger partial charge in [-0.1, -0.05) is 24.3 Å². The number of amides is 1. The Morgan fingerprint density at radius 3 is 2.75 bits per heavy atom. The predicted molar refractivity (Wildman–Crippen MR) is 97.4 cm³/mol. The summed E-state index contributed by atoms with van der Waals surface area (Å²) in [5, 5.41) is 9.50. The van der Waals surface area contributed by atoms with Crippen LogP contribution in [-0.4, -0.2) is 34.8 Å². The van der Waals surface area contributed by atoms with Crippen LogP contribution >= 0.6 is 0 Å². The number of ether oxygens (including phenoxy) is 2. The molecule has 3 aromatic rings. The van der Waals surface area contributed by atoms with E-state index in [0.29, 0.717) is 23.0 Å². The minimum Gasteiger partial charge on any atom is -0.496 e. The van der Waals surface area contributed by atoms with Crippen molar-refractivity contribution in [2.45, 2.75) is 20.1 Å². The molecule has 1 amide bonds. The topological polar surface area (TPSA) is 89.1 Å². The maximum absolute atomic E-state index is 12.5. The van der Waals surface area contributed by atoms with E-state index >= 15 is 0 Å². The van der Waals surface area contributed by atoms with Crippen LogP contribution in [0.1, 0.15) is 21.7 Å². The molecule has 0 radical (unpaired) electrons. The Balaban J connectivity index is 1.72. The molecule has 0 atom stereocenters. The lowest BCUT2D eigenvalue weighted by molar-refractivity contribution is -0.0501. The second-order valence-corrected chi connectivity index (χ2v) is 5.82. The van der Waals surface area contributed by atoms with Crippen molar-refractivity contribution in [3.8, 4) is 22.9 Å². The monoisotopic (exact) mass is 388 g/mol. The average Bonchev–Trinajstić information content (AvgIpc) is 3.14. The summed E-state index contributed by atoms with van der Waals surface area (Å²) in [6.45, 7) is -1.08. The molecule has 28 heavy (non-hydrogen) atoms. The van der Waals surface area contributed by atoms with Gasteiger partial charge in [-0.05, 0) is 30.7 Å². The summed E-state index contributed by atoms with van der Waals surface area (Å²) >= 11 is 0. The minimum absolute atomic E-state index is 0.00268. The fourth-order valence-electron chi connectivity index (χ4n) is 2.71. The van der Waals surface area contributed by atoms with Crippen LogP contribution in [0.3, 0.4) is 0 Å². The standard InChI is InChI=1S/C19H18F2N4O3/c1-11-6-5-8-13(16(11)27-2)17-23-15(24-25-17)10-22-18(26)12-7-3-4-9-14(12)28-19(20)21/h3-9,19H,10H2,1-2H3,(H,22,26)(H,23,24,25). The number of nitrogens with one attached hydrogen (secondary N) is 2. The zero-order valence-electron chi connectivity index (χ0n) is 15.2. The molecule has 0 bridgehead atoms. The van der Waals surface area contributed by atoms with Crippen LogP contribution in [0.2, 0.25) is 0 Å². The van der Waals surface area contributed by atoms with E-state index in [1.54, 1.807) is 13.2 Å². The number of carbonyl (C=O) groups excluding carboxylic acids is 1. The molecule has 7 nitrogen and oxygen atoms in total. The number of carbonyl (C=O) groups is 1. The van der Waals surface area contributed by atoms with Crippen molar-refractivity contribution in [1.82, 2.24) is 20.5 Å². The number of aromatic nitrogens is 3. The second-order valence-electron chi connectivity index (χ2n) is 5.82. The molecule has 0 spiro atoms. The van der Waals surface area contributed by atoms with Crippen molar-refractivity contribution in [2.24, 2.45) is 0 Å². The number of hydrogen-bond donors (Lipinski definition) is 2. The van der Waals surface area contributed by atoms with E-state index in [9.17, 15) is 13.6 Å². The summed E-state index contributed by atoms with van der Waals surface area (Å²) in [5.41, 5.74) is 1.66. The molecule has 0 saturated heterocycles. The van der Waals surface area contributed by atoms with E-state index in [1.165, 1.54) is 18.2 Å². The predicted octanol–water partition coefficient (Wildman–Crippen LogP) is 3.32. The first kappa shape index (κ1) is 19.3. The second kappa shape index (κ2) is 8.47. The summed E-state index contributed by atoms with van der Waals surface area (Å²) in [5.74, 6) is 0.723. The number of methoxy groups -OCH3 is 1. The van der Waals surface area contributed by atoms with Crippen molar-refractivity contribution in [3.63, 3.8) is 0 Å². The van der Waals surface area contributed by atoms with Gasteiger partial charge in [-0.25, -0.2) is 4.98 Å². The normalized spacial score (nSPS) is 10.8. The Kier molecular flexibility index (Phi) is 5.83. The fraction of sp³-hybridized carbons (Fsp3) is 0.211. The molecule has 3 rings (SSSR count). The first-order valence-electron chi connectivity index (χ1n) is 8.37. The van der Waals surface area contributed by atoms with E-state index in [1.807, 2.05) is 25.1 Å². The highest BCUT2D eigenvalue weighted by Gasteiger charge is 2.17. The molecule has 0 saturated carbocycles. The molecule has 146 valence electrons. The number of benzene rings is 2. The van der Waals surface area contributed by atoms with Crippen LogP contribution in [0.5, 0.6) is 11.5 Å². The lowest BCUT2D eigenvalue weighted by Gasteiger charge is -2.10. The molecule has 0 aliphatic carbocycles. The molecule has 2 N–H and O–H groups in total. The van der Waals surface area contributed by atoms with Crippen LogP contribution in [0.4, 0.5) is 8.78 Å². The molecule has 0 fully saturated rings. The summed E-state index contributed by atoms with van der Waals surface area (Å²) in [7, 11) is 1.57. The highest BCUT2D eigenvalue weighted by Crippen LogP contribution is 2.30. The van der Waals surface area contributed by atoms with Crippen LogP contribution in [-0.2, 0) is 6.54 Å². The number of rotatable bonds is 7. The molecule has 1 aromatic heterocycles. The maximum Gasteiger partial charge on any atom is 0.387 e. The highest BCUT2D eigenvalue weighted by molar-refractivity contribution is 5.96. The molecule has 0 unspecified atom stereocenters. The first-order valence-corrected chi connectivity index (χ1v) is 8.37. The van der Waals surface area contributed by atoms with Crippen molar-refractivity contribution in [3.05, 3.63) is 59.4 Å². The third-order valence-corrected chi connectivity index (χ3v) is 3.95. The summed E-state index contributed by atoms with van der Waals surface area (Å²) < 4.78 is 34.7. The number of aromatic amines is 1. The quantitative estimate of drug-likeness (QED) is 0.648. The number of hydrogen-bond acceptors (Lipinski definition) is 5. The first-order chi connectivity index (χ1) is 13.5. The van der Waals surface area contributed by atoms with Crippen molar-refractivity contribution in [1.29, 1.82) is 0 Å². The van der Waals surface area contributed by atoms with Gasteiger partial charge in [-0.15, -0.1) is 0 Å². The minimum atomic E-state index is -3.02. The Bertz CT molecular complexity index is 975. The Morgan fingerprint density at radius 2 is 2.00 bits per heavy atom. The van der Waals surface area contributed by atoms with Crippen molar-refractivity contribution >= 4 is 5.91 Å². The molecule has 2 aromatic carbocycles. The third-order valence-electron chi connectivity index (χ3n) is 3.95. The number of halogens is 2. The molecule has 1 heterocycles. The number of H-pyrrole nitrogens is 1. The lowest BCUT2D eigenvalue weighted by Crippen LogP contribution is -2.24. The summed E-state index contributed by atoms with van der Waals surface area (Å²) in [6, 6.07) is 11.4. The van der Waals surface area contributed by atoms with Gasteiger partial charge in [-0.2, -0.15) is 13.9 Å². The van der Waals surface area contributed by atoms with Gasteiger partial charge >= 0.3 is 6.61 Å². The maximum atomic E-state index is 12.5. The van der Waals surface area contributed by atoms with Gasteiger partial charge in [0.2, 0.25) is 0 Å². The van der Waals surface area contributed by atoms with Crippen LogP contribution in [0.15, 0.2) is 42.5 Å². The van der Waals surface area contributed by atoms with E-state index in [0.717, 1.165) is 5.56 Å². The van der Waals surface area contributed by atoms with Gasteiger partial charge in [0, 0.05) is 0 Å². The van der Waals surface area contributed by atoms with Crippen LogP contribution < -0.4 is 14.8 Å². The van der Waals surface area contributed by atoms with Gasteiger partial charge in [0.05, 0.1) is 24.8 Å². The van der Waals surface area contributed by atoms with Gasteiger partial charge in [0.1, 0.15) is 17.3 Å². The molecular formula is C19H18F2N4O3. The highest BCUT2D eigenvalue weighted by atomic mass is 19.3. The number of nitrogens with zero attached hydrogens (tertiary/aromatic N) is 2. The van der Waals surface area contributed by atoms with Gasteiger partial charge in [-0.3, -0.25) is 9.89 Å². The molecule has 0 aliphatic heterocycles. The number of alkyl halides is 2. The van der Waals surface area contributed by atoms with Crippen molar-refractivity contribution < 1.29 is 23.0 Å². The lowest BCUT2D eigenvalue weighted by atomic mass is 10.1. The van der Waals surface area contributed by atoms with E-state index < -0.39 is 12.5 Å². The molecular weight excluding hydrogens is 370 g/mol. The average molecular weight is 388 g/mol. The van der Waals surface area contributed by atoms with Crippen molar-refractivity contribution in [2.75, 3.05) is 7.11 Å². The summed E-state index contributed by atoms with van der Waals surface area (Å²) in [6.07, 6.45) is 0. The smallest absolute Gasteiger partial charge is 0.387 e. The number of para-hydroxylation sites is 2. The van der Waals surface area contributed by atoms with Gasteiger partial charge in [0.25, 0.3) is 5.91 Å². The van der Waals surface area contributed by atoms with Gasteiger partial charge < -0.3 is 14.8 Å². The molecule has 9 heteroatoms. The Hall–Kier alpha value is -3.49. The largest absolute Gasteiger partial charge is 0.496 e.